The first-order valence-electron chi connectivity index (χ1n) is 8.69. The molecule has 5 nitrogen and oxygen atoms in total. The Morgan fingerprint density at radius 1 is 1.04 bits per heavy atom. The van der Waals surface area contributed by atoms with Gasteiger partial charge in [-0.15, -0.1) is 0 Å². The summed E-state index contributed by atoms with van der Waals surface area (Å²) < 4.78 is 7.34. The number of hydrogen-bond donors (Lipinski definition) is 0. The van der Waals surface area contributed by atoms with Crippen LogP contribution in [0.5, 0.6) is 0 Å². The highest BCUT2D eigenvalue weighted by molar-refractivity contribution is 6.06. The molecule has 0 bridgehead atoms. The van der Waals surface area contributed by atoms with Gasteiger partial charge in [0.05, 0.1) is 18.7 Å². The van der Waals surface area contributed by atoms with E-state index in [2.05, 4.69) is 0 Å². The Hall–Kier alpha value is -2.92. The maximum absolute atomic E-state index is 13.2. The number of aryl methyl sites for hydroxylation is 1. The third kappa shape index (κ3) is 2.91. The molecule has 3 aromatic rings. The van der Waals surface area contributed by atoms with Gasteiger partial charge in [0.15, 0.2) is 0 Å². The number of fused-ring (bicyclic) bond motifs is 1. The van der Waals surface area contributed by atoms with Crippen LogP contribution in [-0.4, -0.2) is 35.1 Å². The fraction of sp³-hybridized carbons (Fsp3) is 0.238. The van der Waals surface area contributed by atoms with Crippen molar-refractivity contribution in [3.05, 3.63) is 82.3 Å². The number of carbonyl (C=O) groups excluding carboxylic acids is 1. The molecule has 2 aromatic carbocycles. The number of morpholine rings is 1. The number of ether oxygens (including phenoxy) is 1. The topological polar surface area (TPSA) is 51.5 Å². The van der Waals surface area contributed by atoms with Gasteiger partial charge in [-0.2, -0.15) is 0 Å². The lowest BCUT2D eigenvalue weighted by atomic mass is 10.0. The SMILES string of the molecule is Cn1cc(C(=O)N2CCO[C@H](c3ccccc3)C2)c2ccccc2c1=O. The van der Waals surface area contributed by atoms with E-state index in [0.717, 1.165) is 5.56 Å². The Labute approximate surface area is 151 Å². The van der Waals surface area contributed by atoms with Crippen molar-refractivity contribution in [1.82, 2.24) is 9.47 Å². The maximum Gasteiger partial charge on any atom is 0.258 e. The first-order valence-corrected chi connectivity index (χ1v) is 8.69. The van der Waals surface area contributed by atoms with Crippen LogP contribution in [0.4, 0.5) is 0 Å². The highest BCUT2D eigenvalue weighted by Gasteiger charge is 2.27. The fourth-order valence-electron chi connectivity index (χ4n) is 3.46. The van der Waals surface area contributed by atoms with Crippen LogP contribution in [0.15, 0.2) is 65.6 Å². The lowest BCUT2D eigenvalue weighted by molar-refractivity contribution is -0.0227. The van der Waals surface area contributed by atoms with Gasteiger partial charge in [0, 0.05) is 30.6 Å². The van der Waals surface area contributed by atoms with E-state index in [1.54, 1.807) is 19.3 Å². The summed E-state index contributed by atoms with van der Waals surface area (Å²) in [6.07, 6.45) is 1.51. The average molecular weight is 348 g/mol. The van der Waals surface area contributed by atoms with Crippen LogP contribution in [0.1, 0.15) is 22.0 Å². The number of aromatic nitrogens is 1. The number of pyridine rings is 1. The second-order valence-electron chi connectivity index (χ2n) is 6.53. The summed E-state index contributed by atoms with van der Waals surface area (Å²) in [6, 6.07) is 17.2. The van der Waals surface area contributed by atoms with Crippen molar-refractivity contribution in [2.24, 2.45) is 7.05 Å². The summed E-state index contributed by atoms with van der Waals surface area (Å²) in [7, 11) is 1.68. The summed E-state index contributed by atoms with van der Waals surface area (Å²) in [6.45, 7) is 1.54. The van der Waals surface area contributed by atoms with Crippen molar-refractivity contribution >= 4 is 16.7 Å². The van der Waals surface area contributed by atoms with Crippen molar-refractivity contribution in [3.63, 3.8) is 0 Å². The van der Waals surface area contributed by atoms with Crippen molar-refractivity contribution in [3.8, 4) is 0 Å². The standard InChI is InChI=1S/C21H20N2O3/c1-22-13-18(16-9-5-6-10-17(16)20(22)24)21(25)23-11-12-26-19(14-23)15-7-3-2-4-8-15/h2-10,13,19H,11-12,14H2,1H3/t19-/m0/s1. The van der Waals surface area contributed by atoms with Gasteiger partial charge in [-0.25, -0.2) is 0 Å². The molecule has 0 radical (unpaired) electrons. The molecule has 1 atom stereocenters. The van der Waals surface area contributed by atoms with Crippen LogP contribution in [0.3, 0.4) is 0 Å². The van der Waals surface area contributed by atoms with E-state index in [1.165, 1.54) is 4.57 Å². The van der Waals surface area contributed by atoms with Crippen LogP contribution in [0.2, 0.25) is 0 Å². The quantitative estimate of drug-likeness (QED) is 0.716. The molecule has 0 spiro atoms. The van der Waals surface area contributed by atoms with Gasteiger partial charge >= 0.3 is 0 Å². The molecule has 0 unspecified atom stereocenters. The third-order valence-corrected chi connectivity index (χ3v) is 4.85. The molecular formula is C21H20N2O3. The molecule has 1 aliphatic rings. The van der Waals surface area contributed by atoms with Gasteiger partial charge in [0.25, 0.3) is 11.5 Å². The maximum atomic E-state index is 13.2. The number of carbonyl (C=O) groups is 1. The first kappa shape index (κ1) is 16.5. The second kappa shape index (κ2) is 6.77. The minimum absolute atomic E-state index is 0.0685. The van der Waals surface area contributed by atoms with Gasteiger partial charge in [0.2, 0.25) is 0 Å². The predicted molar refractivity (Wildman–Crippen MR) is 100 cm³/mol. The van der Waals surface area contributed by atoms with E-state index < -0.39 is 0 Å². The molecule has 1 saturated heterocycles. The lowest BCUT2D eigenvalue weighted by Crippen LogP contribution is -2.42. The van der Waals surface area contributed by atoms with Crippen LogP contribution in [0, 0.1) is 0 Å². The summed E-state index contributed by atoms with van der Waals surface area (Å²) in [5, 5.41) is 1.26. The highest BCUT2D eigenvalue weighted by Crippen LogP contribution is 2.24. The molecular weight excluding hydrogens is 328 g/mol. The first-order chi connectivity index (χ1) is 12.6. The van der Waals surface area contributed by atoms with Gasteiger partial charge in [-0.05, 0) is 11.6 Å². The van der Waals surface area contributed by atoms with E-state index in [-0.39, 0.29) is 17.6 Å². The lowest BCUT2D eigenvalue weighted by Gasteiger charge is -2.33. The van der Waals surface area contributed by atoms with Crippen LogP contribution < -0.4 is 5.56 Å². The van der Waals surface area contributed by atoms with Gasteiger partial charge in [-0.1, -0.05) is 48.5 Å². The Bertz CT molecular complexity index is 1010. The smallest absolute Gasteiger partial charge is 0.258 e. The van der Waals surface area contributed by atoms with Gasteiger partial charge < -0.3 is 14.2 Å². The molecule has 1 aliphatic heterocycles. The summed E-state index contributed by atoms with van der Waals surface area (Å²) >= 11 is 0. The van der Waals surface area contributed by atoms with E-state index in [0.29, 0.717) is 36.0 Å². The minimum atomic E-state index is -0.132. The van der Waals surface area contributed by atoms with E-state index in [4.69, 9.17) is 4.74 Å². The van der Waals surface area contributed by atoms with Crippen molar-refractivity contribution < 1.29 is 9.53 Å². The van der Waals surface area contributed by atoms with Gasteiger partial charge in [-0.3, -0.25) is 9.59 Å². The Morgan fingerprint density at radius 2 is 1.73 bits per heavy atom. The van der Waals surface area contributed by atoms with Crippen LogP contribution in [0.25, 0.3) is 10.8 Å². The molecule has 1 aromatic heterocycles. The minimum Gasteiger partial charge on any atom is -0.370 e. The predicted octanol–water partition coefficient (Wildman–Crippen LogP) is 2.75. The molecule has 0 saturated carbocycles. The Morgan fingerprint density at radius 3 is 2.50 bits per heavy atom. The van der Waals surface area contributed by atoms with Crippen molar-refractivity contribution in [2.45, 2.75) is 6.10 Å². The van der Waals surface area contributed by atoms with Gasteiger partial charge in [0.1, 0.15) is 6.10 Å². The molecule has 0 aliphatic carbocycles. The number of amides is 1. The van der Waals surface area contributed by atoms with Crippen LogP contribution in [-0.2, 0) is 11.8 Å². The molecule has 0 N–H and O–H groups in total. The third-order valence-electron chi connectivity index (χ3n) is 4.85. The van der Waals surface area contributed by atoms with E-state index in [9.17, 15) is 9.59 Å². The Balaban J connectivity index is 1.69. The summed E-state index contributed by atoms with van der Waals surface area (Å²) in [5.74, 6) is -0.0685. The summed E-state index contributed by atoms with van der Waals surface area (Å²) in [4.78, 5) is 27.4. The zero-order valence-corrected chi connectivity index (χ0v) is 14.6. The molecule has 5 heteroatoms. The van der Waals surface area contributed by atoms with Crippen LogP contribution >= 0.6 is 0 Å². The molecule has 132 valence electrons. The van der Waals surface area contributed by atoms with Crippen molar-refractivity contribution in [2.75, 3.05) is 19.7 Å². The van der Waals surface area contributed by atoms with E-state index in [1.807, 2.05) is 53.4 Å². The zero-order valence-electron chi connectivity index (χ0n) is 14.6. The fourth-order valence-corrected chi connectivity index (χ4v) is 3.46. The van der Waals surface area contributed by atoms with Crippen molar-refractivity contribution in [1.29, 1.82) is 0 Å². The number of hydrogen-bond acceptors (Lipinski definition) is 3. The Kier molecular flexibility index (Phi) is 4.31. The monoisotopic (exact) mass is 348 g/mol. The normalized spacial score (nSPS) is 17.4. The highest BCUT2D eigenvalue weighted by atomic mass is 16.5. The summed E-state index contributed by atoms with van der Waals surface area (Å²) in [5.41, 5.74) is 1.52. The number of rotatable bonds is 2. The average Bonchev–Trinajstić information content (AvgIpc) is 2.71. The second-order valence-corrected chi connectivity index (χ2v) is 6.53. The molecule has 1 amide bonds. The van der Waals surface area contributed by atoms with E-state index >= 15 is 0 Å². The number of nitrogens with zero attached hydrogens (tertiary/aromatic N) is 2. The molecule has 1 fully saturated rings. The number of benzene rings is 2. The zero-order chi connectivity index (χ0) is 18.1. The molecule has 2 heterocycles. The molecule has 26 heavy (non-hydrogen) atoms. The molecule has 4 rings (SSSR count). The largest absolute Gasteiger partial charge is 0.370 e.